The molecule has 0 saturated heterocycles. The molecule has 0 radical (unpaired) electrons. The highest BCUT2D eigenvalue weighted by Gasteiger charge is 2.48. The van der Waals surface area contributed by atoms with E-state index in [0.717, 1.165) is 17.1 Å². The third-order valence-electron chi connectivity index (χ3n) is 11.3. The van der Waals surface area contributed by atoms with Gasteiger partial charge in [0.1, 0.15) is 0 Å². The minimum atomic E-state index is -0.522. The van der Waals surface area contributed by atoms with Crippen LogP contribution in [0.15, 0.2) is 210 Å². The largest absolute Gasteiger partial charge is 0.310 e. The lowest BCUT2D eigenvalue weighted by Crippen LogP contribution is -2.36. The molecule has 9 aromatic carbocycles. The van der Waals surface area contributed by atoms with Crippen LogP contribution in [0.4, 0.5) is 17.1 Å². The van der Waals surface area contributed by atoms with Crippen LogP contribution in [0, 0.1) is 0 Å². The minimum absolute atomic E-state index is 0.522. The van der Waals surface area contributed by atoms with E-state index in [2.05, 4.69) is 205 Å². The van der Waals surface area contributed by atoms with E-state index in [1.807, 2.05) is 11.8 Å². The van der Waals surface area contributed by atoms with Gasteiger partial charge in [0.05, 0.1) is 11.1 Å². The molecule has 1 aliphatic heterocycles. The highest BCUT2D eigenvalue weighted by Crippen LogP contribution is 2.62. The molecule has 1 heterocycles. The lowest BCUT2D eigenvalue weighted by Gasteiger charge is -2.46. The van der Waals surface area contributed by atoms with Gasteiger partial charge in [-0.1, -0.05) is 169 Å². The van der Waals surface area contributed by atoms with Gasteiger partial charge in [-0.05, 0) is 103 Å². The maximum atomic E-state index is 2.50. The summed E-state index contributed by atoms with van der Waals surface area (Å²) in [6.07, 6.45) is 0. The van der Waals surface area contributed by atoms with Crippen molar-refractivity contribution in [2.24, 2.45) is 0 Å². The normalized spacial score (nSPS) is 13.4. The van der Waals surface area contributed by atoms with Gasteiger partial charge in [-0.25, -0.2) is 0 Å². The summed E-state index contributed by atoms with van der Waals surface area (Å²) in [5, 5.41) is 5.08. The van der Waals surface area contributed by atoms with Gasteiger partial charge in [0, 0.05) is 26.7 Å². The van der Waals surface area contributed by atoms with Gasteiger partial charge in [0.15, 0.2) is 0 Å². The first-order valence-electron chi connectivity index (χ1n) is 18.3. The molecule has 1 aliphatic carbocycles. The van der Waals surface area contributed by atoms with Crippen LogP contribution in [0.2, 0.25) is 0 Å². The number of para-hydroxylation sites is 1. The summed E-state index contributed by atoms with van der Waals surface area (Å²) in [4.78, 5) is 5.08. The van der Waals surface area contributed by atoms with Crippen LogP contribution in [0.3, 0.4) is 0 Å². The Kier molecular flexibility index (Phi) is 6.77. The summed E-state index contributed by atoms with van der Waals surface area (Å²) in [7, 11) is 0. The Morgan fingerprint density at radius 2 is 1.02 bits per heavy atom. The van der Waals surface area contributed by atoms with Crippen molar-refractivity contribution in [3.05, 3.63) is 222 Å². The van der Waals surface area contributed by atoms with Gasteiger partial charge in [-0.3, -0.25) is 0 Å². The molecule has 0 fully saturated rings. The van der Waals surface area contributed by atoms with E-state index in [9.17, 15) is 0 Å². The van der Waals surface area contributed by atoms with Crippen LogP contribution in [-0.4, -0.2) is 0 Å². The average Bonchev–Trinajstić information content (AvgIpc) is 3.23. The average molecular weight is 692 g/mol. The van der Waals surface area contributed by atoms with E-state index in [1.165, 1.54) is 75.8 Å². The Labute approximate surface area is 313 Å². The third kappa shape index (κ3) is 4.40. The first-order valence-corrected chi connectivity index (χ1v) is 19.1. The quantitative estimate of drug-likeness (QED) is 0.181. The summed E-state index contributed by atoms with van der Waals surface area (Å²) in [6.45, 7) is 0. The Morgan fingerprint density at radius 1 is 0.396 bits per heavy atom. The zero-order valence-corrected chi connectivity index (χ0v) is 29.7. The second-order valence-electron chi connectivity index (χ2n) is 14.0. The van der Waals surface area contributed by atoms with Crippen molar-refractivity contribution in [2.75, 3.05) is 4.90 Å². The molecule has 0 N–H and O–H groups in total. The molecule has 2 aliphatic rings. The fraction of sp³-hybridized carbons (Fsp3) is 0.0196. The van der Waals surface area contributed by atoms with Crippen molar-refractivity contribution >= 4 is 50.4 Å². The molecule has 0 amide bonds. The van der Waals surface area contributed by atoms with E-state index in [-0.39, 0.29) is 0 Å². The second-order valence-corrected chi connectivity index (χ2v) is 15.1. The number of hydrogen-bond acceptors (Lipinski definition) is 2. The summed E-state index contributed by atoms with van der Waals surface area (Å²) >= 11 is 1.89. The topological polar surface area (TPSA) is 3.24 Å². The molecule has 1 spiro atoms. The summed E-state index contributed by atoms with van der Waals surface area (Å²) in [5.41, 5.74) is 13.2. The molecule has 2 heteroatoms. The monoisotopic (exact) mass is 691 g/mol. The highest BCUT2D eigenvalue weighted by atomic mass is 32.2. The van der Waals surface area contributed by atoms with Crippen LogP contribution in [0.5, 0.6) is 0 Å². The maximum absolute atomic E-state index is 2.50. The number of rotatable bonds is 4. The number of anilines is 3. The zero-order valence-electron chi connectivity index (χ0n) is 28.9. The van der Waals surface area contributed by atoms with Crippen LogP contribution >= 0.6 is 11.8 Å². The standard InChI is InChI=1S/C51H33NS/c1-3-16-36(17-4-1)50-39-22-8-7-15-34(39)29-32-46(50)52(37-20-5-2-6-21-37)38-30-31-40-41-23-13-18-35-19-14-26-44(49(35)41)51(45(40)33-38)42-24-9-11-27-47(42)53-48-28-12-10-25-43(48)51/h1-33H. The molecule has 0 unspecified atom stereocenters. The van der Waals surface area contributed by atoms with Gasteiger partial charge >= 0.3 is 0 Å². The number of nitrogens with zero attached hydrogens (tertiary/aromatic N) is 1. The van der Waals surface area contributed by atoms with Gasteiger partial charge in [-0.2, -0.15) is 0 Å². The zero-order chi connectivity index (χ0) is 34.9. The molecule has 11 rings (SSSR count). The molecule has 248 valence electrons. The van der Waals surface area contributed by atoms with Crippen LogP contribution in [0.1, 0.15) is 22.3 Å². The van der Waals surface area contributed by atoms with Crippen molar-refractivity contribution in [1.82, 2.24) is 0 Å². The molecule has 0 saturated carbocycles. The number of fused-ring (bicyclic) bond motifs is 9. The molecule has 0 atom stereocenters. The molecular weight excluding hydrogens is 659 g/mol. The fourth-order valence-corrected chi connectivity index (χ4v) is 10.4. The smallest absolute Gasteiger partial charge is 0.0736 e. The Hall–Kier alpha value is -6.35. The van der Waals surface area contributed by atoms with Gasteiger partial charge < -0.3 is 4.90 Å². The van der Waals surface area contributed by atoms with E-state index < -0.39 is 5.41 Å². The van der Waals surface area contributed by atoms with Crippen molar-refractivity contribution < 1.29 is 0 Å². The maximum Gasteiger partial charge on any atom is 0.0736 e. The summed E-state index contributed by atoms with van der Waals surface area (Å²) in [6, 6.07) is 74.2. The van der Waals surface area contributed by atoms with Crippen LogP contribution in [-0.2, 0) is 5.41 Å². The van der Waals surface area contributed by atoms with Gasteiger partial charge in [-0.15, -0.1) is 0 Å². The first kappa shape index (κ1) is 30.3. The van der Waals surface area contributed by atoms with Crippen molar-refractivity contribution in [1.29, 1.82) is 0 Å². The fourth-order valence-electron chi connectivity index (χ4n) is 9.17. The Balaban J connectivity index is 1.27. The first-order chi connectivity index (χ1) is 26.3. The Bertz CT molecular complexity index is 2820. The Morgan fingerprint density at radius 3 is 1.79 bits per heavy atom. The van der Waals surface area contributed by atoms with Gasteiger partial charge in [0.25, 0.3) is 0 Å². The molecule has 0 aromatic heterocycles. The van der Waals surface area contributed by atoms with E-state index in [4.69, 9.17) is 0 Å². The van der Waals surface area contributed by atoms with Gasteiger partial charge in [0.2, 0.25) is 0 Å². The minimum Gasteiger partial charge on any atom is -0.310 e. The molecule has 1 nitrogen and oxygen atoms in total. The van der Waals surface area contributed by atoms with E-state index in [1.54, 1.807) is 0 Å². The summed E-state index contributed by atoms with van der Waals surface area (Å²) < 4.78 is 0. The van der Waals surface area contributed by atoms with E-state index >= 15 is 0 Å². The second kappa shape index (κ2) is 11.8. The molecular formula is C51H33NS. The van der Waals surface area contributed by atoms with Crippen LogP contribution < -0.4 is 4.90 Å². The van der Waals surface area contributed by atoms with Crippen molar-refractivity contribution in [2.45, 2.75) is 15.2 Å². The predicted octanol–water partition coefficient (Wildman–Crippen LogP) is 14.0. The van der Waals surface area contributed by atoms with Crippen LogP contribution in [0.25, 0.3) is 43.8 Å². The molecule has 0 bridgehead atoms. The SMILES string of the molecule is c1ccc(-c2c(N(c3ccccc3)c3ccc4c(c3)C3(c5ccccc5Sc5ccccc53)c3cccc5cccc-4c35)ccc3ccccc23)cc1. The van der Waals surface area contributed by atoms with Crippen molar-refractivity contribution in [3.8, 4) is 22.3 Å². The lowest BCUT2D eigenvalue weighted by molar-refractivity contribution is 0.707. The lowest BCUT2D eigenvalue weighted by atomic mass is 9.59. The summed E-state index contributed by atoms with van der Waals surface area (Å²) in [5.74, 6) is 0. The third-order valence-corrected chi connectivity index (χ3v) is 12.4. The number of hydrogen-bond donors (Lipinski definition) is 0. The van der Waals surface area contributed by atoms with E-state index in [0.29, 0.717) is 0 Å². The van der Waals surface area contributed by atoms with Crippen molar-refractivity contribution in [3.63, 3.8) is 0 Å². The number of benzene rings is 9. The highest BCUT2D eigenvalue weighted by molar-refractivity contribution is 7.99. The molecule has 53 heavy (non-hydrogen) atoms. The predicted molar refractivity (Wildman–Crippen MR) is 223 cm³/mol. The molecule has 9 aromatic rings.